The van der Waals surface area contributed by atoms with Crippen molar-refractivity contribution in [2.45, 2.75) is 25.6 Å². The summed E-state index contributed by atoms with van der Waals surface area (Å²) in [4.78, 5) is 2.24. The molecule has 1 fully saturated rings. The first-order valence-corrected chi connectivity index (χ1v) is 7.77. The Hall–Kier alpha value is -0.920. The van der Waals surface area contributed by atoms with E-state index in [0.717, 1.165) is 19.6 Å². The molecule has 0 radical (unpaired) electrons. The molecule has 0 aliphatic carbocycles. The van der Waals surface area contributed by atoms with Gasteiger partial charge in [0, 0.05) is 25.2 Å². The van der Waals surface area contributed by atoms with Crippen LogP contribution in [-0.4, -0.2) is 44.2 Å². The molecule has 2 rings (SSSR count). The van der Waals surface area contributed by atoms with Crippen LogP contribution in [0.5, 0.6) is 0 Å². The second-order valence-electron chi connectivity index (χ2n) is 4.80. The molecule has 1 saturated heterocycles. The van der Waals surface area contributed by atoms with Crippen LogP contribution in [0.1, 0.15) is 19.5 Å². The molecule has 102 valence electrons. The van der Waals surface area contributed by atoms with Crippen molar-refractivity contribution in [3.63, 3.8) is 0 Å². The van der Waals surface area contributed by atoms with Gasteiger partial charge in [0.1, 0.15) is 12.0 Å². The first-order valence-electron chi connectivity index (χ1n) is 6.12. The molecule has 0 saturated carbocycles. The summed E-state index contributed by atoms with van der Waals surface area (Å²) in [6, 6.07) is 1.55. The van der Waals surface area contributed by atoms with Crippen LogP contribution in [0.15, 0.2) is 16.9 Å². The third-order valence-corrected chi connectivity index (χ3v) is 4.63. The molecular weight excluding hydrogens is 254 g/mol. The van der Waals surface area contributed by atoms with Crippen LogP contribution in [0.2, 0.25) is 0 Å². The van der Waals surface area contributed by atoms with E-state index in [1.165, 1.54) is 6.26 Å². The number of sulfonamides is 1. The molecule has 0 unspecified atom stereocenters. The molecule has 0 aromatic carbocycles. The summed E-state index contributed by atoms with van der Waals surface area (Å²) in [5.41, 5.74) is 0.431. The maximum Gasteiger partial charge on any atom is 0.217 e. The fourth-order valence-electron chi connectivity index (χ4n) is 2.26. The van der Waals surface area contributed by atoms with E-state index in [1.54, 1.807) is 6.07 Å². The number of aromatic nitrogens is 1. The molecule has 1 aliphatic rings. The Kier molecular flexibility index (Phi) is 4.04. The average Bonchev–Trinajstić information content (AvgIpc) is 2.88. The SMILES string of the molecule is CCN1C[C@H](NS(=O)(=O)Cc2ccon2)[C@@H](C)C1. The zero-order valence-corrected chi connectivity index (χ0v) is 11.5. The lowest BCUT2D eigenvalue weighted by Crippen LogP contribution is -2.40. The molecule has 1 aromatic heterocycles. The monoisotopic (exact) mass is 273 g/mol. The molecule has 0 bridgehead atoms. The largest absolute Gasteiger partial charge is 0.364 e. The molecule has 6 nitrogen and oxygen atoms in total. The maximum absolute atomic E-state index is 12.0. The number of hydrogen-bond acceptors (Lipinski definition) is 5. The van der Waals surface area contributed by atoms with Crippen molar-refractivity contribution in [1.82, 2.24) is 14.8 Å². The van der Waals surface area contributed by atoms with Crippen molar-refractivity contribution in [2.75, 3.05) is 19.6 Å². The molecule has 2 atom stereocenters. The predicted molar refractivity (Wildman–Crippen MR) is 67.3 cm³/mol. The van der Waals surface area contributed by atoms with Crippen LogP contribution in [-0.2, 0) is 15.8 Å². The van der Waals surface area contributed by atoms with Crippen LogP contribution in [0.3, 0.4) is 0 Å². The van der Waals surface area contributed by atoms with E-state index in [9.17, 15) is 8.42 Å². The summed E-state index contributed by atoms with van der Waals surface area (Å²) in [5, 5.41) is 3.62. The highest BCUT2D eigenvalue weighted by molar-refractivity contribution is 7.88. The fourth-order valence-corrected chi connectivity index (χ4v) is 3.65. The summed E-state index contributed by atoms with van der Waals surface area (Å²) in [7, 11) is -3.35. The average molecular weight is 273 g/mol. The first-order chi connectivity index (χ1) is 8.50. The maximum atomic E-state index is 12.0. The smallest absolute Gasteiger partial charge is 0.217 e. The van der Waals surface area contributed by atoms with Gasteiger partial charge in [0.15, 0.2) is 0 Å². The number of likely N-dealkylation sites (N-methyl/N-ethyl adjacent to an activating group) is 1. The van der Waals surface area contributed by atoms with Gasteiger partial charge in [0.2, 0.25) is 10.0 Å². The highest BCUT2D eigenvalue weighted by Gasteiger charge is 2.31. The van der Waals surface area contributed by atoms with Crippen molar-refractivity contribution < 1.29 is 12.9 Å². The van der Waals surface area contributed by atoms with E-state index in [-0.39, 0.29) is 11.8 Å². The molecule has 2 heterocycles. The van der Waals surface area contributed by atoms with Crippen LogP contribution >= 0.6 is 0 Å². The van der Waals surface area contributed by atoms with Gasteiger partial charge < -0.3 is 9.42 Å². The molecule has 1 aliphatic heterocycles. The second kappa shape index (κ2) is 5.38. The minimum atomic E-state index is -3.35. The number of nitrogens with one attached hydrogen (secondary N) is 1. The zero-order valence-electron chi connectivity index (χ0n) is 10.7. The van der Waals surface area contributed by atoms with Crippen LogP contribution in [0, 0.1) is 5.92 Å². The topological polar surface area (TPSA) is 75.4 Å². The van der Waals surface area contributed by atoms with Crippen molar-refractivity contribution in [2.24, 2.45) is 5.92 Å². The van der Waals surface area contributed by atoms with E-state index in [4.69, 9.17) is 0 Å². The van der Waals surface area contributed by atoms with Gasteiger partial charge in [-0.05, 0) is 12.5 Å². The van der Waals surface area contributed by atoms with E-state index in [1.807, 2.05) is 0 Å². The van der Waals surface area contributed by atoms with E-state index >= 15 is 0 Å². The van der Waals surface area contributed by atoms with Crippen LogP contribution in [0.25, 0.3) is 0 Å². The van der Waals surface area contributed by atoms with Crippen molar-refractivity contribution in [3.8, 4) is 0 Å². The summed E-state index contributed by atoms with van der Waals surface area (Å²) in [6.07, 6.45) is 1.38. The fraction of sp³-hybridized carbons (Fsp3) is 0.727. The third-order valence-electron chi connectivity index (χ3n) is 3.30. The number of hydrogen-bond donors (Lipinski definition) is 1. The van der Waals surface area contributed by atoms with E-state index in [2.05, 4.69) is 33.1 Å². The lowest BCUT2D eigenvalue weighted by atomic mass is 10.1. The van der Waals surface area contributed by atoms with Crippen molar-refractivity contribution >= 4 is 10.0 Å². The summed E-state index contributed by atoms with van der Waals surface area (Å²) in [6.45, 7) is 6.81. The normalized spacial score (nSPS) is 25.7. The van der Waals surface area contributed by atoms with Crippen molar-refractivity contribution in [1.29, 1.82) is 0 Å². The second-order valence-corrected chi connectivity index (χ2v) is 6.56. The molecule has 1 aromatic rings. The Balaban J connectivity index is 1.96. The van der Waals surface area contributed by atoms with Crippen LogP contribution < -0.4 is 4.72 Å². The van der Waals surface area contributed by atoms with Gasteiger partial charge >= 0.3 is 0 Å². The lowest BCUT2D eigenvalue weighted by molar-refractivity contribution is 0.344. The molecule has 18 heavy (non-hydrogen) atoms. The Morgan fingerprint density at radius 1 is 1.56 bits per heavy atom. The van der Waals surface area contributed by atoms with Gasteiger partial charge in [0.25, 0.3) is 0 Å². The molecule has 1 N–H and O–H groups in total. The van der Waals surface area contributed by atoms with Gasteiger partial charge in [-0.2, -0.15) is 0 Å². The highest BCUT2D eigenvalue weighted by Crippen LogP contribution is 2.17. The Labute approximate surface area is 107 Å². The standard InChI is InChI=1S/C11H19N3O3S/c1-3-14-6-9(2)11(7-14)13-18(15,16)8-10-4-5-17-12-10/h4-5,9,11,13H,3,6-8H2,1-2H3/t9-,11-/m0/s1. The Morgan fingerprint density at radius 3 is 2.89 bits per heavy atom. The number of rotatable bonds is 5. The lowest BCUT2D eigenvalue weighted by Gasteiger charge is -2.16. The van der Waals surface area contributed by atoms with Gasteiger partial charge in [-0.15, -0.1) is 0 Å². The van der Waals surface area contributed by atoms with E-state index in [0.29, 0.717) is 11.6 Å². The highest BCUT2D eigenvalue weighted by atomic mass is 32.2. The van der Waals surface area contributed by atoms with Gasteiger partial charge in [0.05, 0.1) is 5.69 Å². The van der Waals surface area contributed by atoms with Crippen molar-refractivity contribution in [3.05, 3.63) is 18.0 Å². The Morgan fingerprint density at radius 2 is 2.33 bits per heavy atom. The van der Waals surface area contributed by atoms with Gasteiger partial charge in [-0.1, -0.05) is 19.0 Å². The van der Waals surface area contributed by atoms with Gasteiger partial charge in [-0.3, -0.25) is 0 Å². The minimum absolute atomic E-state index is 0.0122. The quantitative estimate of drug-likeness (QED) is 0.842. The van der Waals surface area contributed by atoms with Gasteiger partial charge in [-0.25, -0.2) is 13.1 Å². The van der Waals surface area contributed by atoms with Crippen LogP contribution in [0.4, 0.5) is 0 Å². The van der Waals surface area contributed by atoms with E-state index < -0.39 is 10.0 Å². The third kappa shape index (κ3) is 3.30. The minimum Gasteiger partial charge on any atom is -0.364 e. The Bertz CT molecular complexity index is 472. The summed E-state index contributed by atoms with van der Waals surface area (Å²) < 4.78 is 31.4. The number of nitrogens with zero attached hydrogens (tertiary/aromatic N) is 2. The molecule has 0 spiro atoms. The zero-order chi connectivity index (χ0) is 13.2. The summed E-state index contributed by atoms with van der Waals surface area (Å²) >= 11 is 0. The molecule has 0 amide bonds. The molecular formula is C11H19N3O3S. The first kappa shape index (κ1) is 13.5. The predicted octanol–water partition coefficient (Wildman–Crippen LogP) is 0.434. The summed E-state index contributed by atoms with van der Waals surface area (Å²) in [5.74, 6) is 0.204. The number of likely N-dealkylation sites (tertiary alicyclic amines) is 1. The molecule has 7 heteroatoms.